The highest BCUT2D eigenvalue weighted by Crippen LogP contribution is 2.35. The Morgan fingerprint density at radius 3 is 2.67 bits per heavy atom. The summed E-state index contributed by atoms with van der Waals surface area (Å²) in [5.41, 5.74) is 1.97. The smallest absolute Gasteiger partial charge is 0.311 e. The molecule has 0 bridgehead atoms. The average Bonchev–Trinajstić information content (AvgIpc) is 3.49. The van der Waals surface area contributed by atoms with Gasteiger partial charge in [-0.1, -0.05) is 5.16 Å². The van der Waals surface area contributed by atoms with Crippen molar-refractivity contribution >= 4 is 17.6 Å². The number of anilines is 1. The molecule has 3 heterocycles. The van der Waals surface area contributed by atoms with E-state index in [1.54, 1.807) is 42.3 Å². The van der Waals surface area contributed by atoms with Crippen molar-refractivity contribution in [2.45, 2.75) is 13.0 Å². The zero-order chi connectivity index (χ0) is 22.8. The fourth-order valence-corrected chi connectivity index (χ4v) is 3.85. The SMILES string of the molecule is COc1ccc(N2CC(C(=O)OCc3cc(-c4ccc5c(c4)OCCO5)on3)CC2=O)cc1. The molecule has 0 aliphatic carbocycles. The Kier molecular flexibility index (Phi) is 5.60. The standard InChI is InChI=1S/C24H22N2O7/c1-29-19-5-3-18(4-6-19)26-13-16(11-23(26)27)24(28)32-14-17-12-21(33-25-17)15-2-7-20-22(10-15)31-9-8-30-20/h2-7,10,12,16H,8-9,11,13-14H2,1H3. The molecule has 2 aliphatic heterocycles. The van der Waals surface area contributed by atoms with E-state index in [1.165, 1.54) is 0 Å². The molecule has 0 spiro atoms. The van der Waals surface area contributed by atoms with Crippen LogP contribution in [0.3, 0.4) is 0 Å². The van der Waals surface area contributed by atoms with Crippen molar-refractivity contribution in [3.05, 3.63) is 54.2 Å². The molecule has 2 aromatic carbocycles. The summed E-state index contributed by atoms with van der Waals surface area (Å²) in [4.78, 5) is 26.6. The molecule has 3 aromatic rings. The van der Waals surface area contributed by atoms with E-state index in [0.29, 0.717) is 41.9 Å². The largest absolute Gasteiger partial charge is 0.497 e. The monoisotopic (exact) mass is 450 g/mol. The van der Waals surface area contributed by atoms with Crippen LogP contribution >= 0.6 is 0 Å². The molecule has 1 atom stereocenters. The van der Waals surface area contributed by atoms with Gasteiger partial charge in [0.15, 0.2) is 17.3 Å². The van der Waals surface area contributed by atoms with E-state index in [4.69, 9.17) is 23.5 Å². The van der Waals surface area contributed by atoms with Gasteiger partial charge in [-0.25, -0.2) is 0 Å². The maximum absolute atomic E-state index is 12.6. The van der Waals surface area contributed by atoms with Crippen molar-refractivity contribution in [3.8, 4) is 28.6 Å². The predicted molar refractivity (Wildman–Crippen MR) is 116 cm³/mol. The average molecular weight is 450 g/mol. The molecule has 1 saturated heterocycles. The zero-order valence-electron chi connectivity index (χ0n) is 18.0. The number of hydrogen-bond donors (Lipinski definition) is 0. The Hall–Kier alpha value is -4.01. The zero-order valence-corrected chi connectivity index (χ0v) is 18.0. The summed E-state index contributed by atoms with van der Waals surface area (Å²) in [6, 6.07) is 14.3. The molecular weight excluding hydrogens is 428 g/mol. The normalized spacial score (nSPS) is 17.2. The van der Waals surface area contributed by atoms with Crippen LogP contribution in [0, 0.1) is 5.92 Å². The maximum atomic E-state index is 12.6. The van der Waals surface area contributed by atoms with Crippen molar-refractivity contribution in [3.63, 3.8) is 0 Å². The number of methoxy groups -OCH3 is 1. The van der Waals surface area contributed by atoms with Crippen molar-refractivity contribution in [1.29, 1.82) is 0 Å². The Labute approximate surface area is 189 Å². The van der Waals surface area contributed by atoms with Gasteiger partial charge in [0.1, 0.15) is 31.3 Å². The molecule has 9 nitrogen and oxygen atoms in total. The van der Waals surface area contributed by atoms with Crippen LogP contribution in [0.5, 0.6) is 17.2 Å². The number of hydrogen-bond acceptors (Lipinski definition) is 8. The molecule has 2 aliphatic rings. The maximum Gasteiger partial charge on any atom is 0.311 e. The van der Waals surface area contributed by atoms with Crippen LogP contribution in [-0.4, -0.2) is 43.9 Å². The van der Waals surface area contributed by atoms with E-state index in [9.17, 15) is 9.59 Å². The third kappa shape index (κ3) is 4.34. The van der Waals surface area contributed by atoms with Gasteiger partial charge in [0.05, 0.1) is 13.0 Å². The second-order valence-corrected chi connectivity index (χ2v) is 7.75. The van der Waals surface area contributed by atoms with Crippen LogP contribution in [0.2, 0.25) is 0 Å². The van der Waals surface area contributed by atoms with Gasteiger partial charge in [-0.2, -0.15) is 0 Å². The van der Waals surface area contributed by atoms with Gasteiger partial charge >= 0.3 is 5.97 Å². The summed E-state index contributed by atoms with van der Waals surface area (Å²) in [6.45, 7) is 1.24. The van der Waals surface area contributed by atoms with Crippen molar-refractivity contribution in [2.24, 2.45) is 5.92 Å². The third-order valence-electron chi connectivity index (χ3n) is 5.59. The number of aromatic nitrogens is 1. The van der Waals surface area contributed by atoms with Crippen molar-refractivity contribution < 1.29 is 33.1 Å². The molecule has 170 valence electrons. The first-order chi connectivity index (χ1) is 16.1. The molecule has 9 heteroatoms. The van der Waals surface area contributed by atoms with Gasteiger partial charge in [0.25, 0.3) is 0 Å². The van der Waals surface area contributed by atoms with Crippen LogP contribution in [0.1, 0.15) is 12.1 Å². The van der Waals surface area contributed by atoms with Crippen LogP contribution in [-0.2, 0) is 20.9 Å². The van der Waals surface area contributed by atoms with Gasteiger partial charge in [0, 0.05) is 30.3 Å². The van der Waals surface area contributed by atoms with Crippen molar-refractivity contribution in [2.75, 3.05) is 31.8 Å². The van der Waals surface area contributed by atoms with Gasteiger partial charge in [0.2, 0.25) is 5.91 Å². The van der Waals surface area contributed by atoms with E-state index in [-0.39, 0.29) is 25.5 Å². The van der Waals surface area contributed by atoms with E-state index < -0.39 is 11.9 Å². The summed E-state index contributed by atoms with van der Waals surface area (Å²) in [5.74, 6) is 1.46. The lowest BCUT2D eigenvalue weighted by molar-refractivity contribution is -0.149. The third-order valence-corrected chi connectivity index (χ3v) is 5.59. The number of carbonyl (C=O) groups is 2. The summed E-state index contributed by atoms with van der Waals surface area (Å²) < 4.78 is 27.1. The van der Waals surface area contributed by atoms with Gasteiger partial charge in [-0.05, 0) is 42.5 Å². The number of benzene rings is 2. The van der Waals surface area contributed by atoms with Crippen molar-refractivity contribution in [1.82, 2.24) is 5.16 Å². The topological polar surface area (TPSA) is 100 Å². The number of nitrogens with zero attached hydrogens (tertiary/aromatic N) is 2. The summed E-state index contributed by atoms with van der Waals surface area (Å²) in [7, 11) is 1.58. The van der Waals surface area contributed by atoms with Crippen LogP contribution in [0.4, 0.5) is 5.69 Å². The number of carbonyl (C=O) groups excluding carboxylic acids is 2. The second-order valence-electron chi connectivity index (χ2n) is 7.75. The highest BCUT2D eigenvalue weighted by molar-refractivity contribution is 5.99. The second kappa shape index (κ2) is 8.85. The number of ether oxygens (including phenoxy) is 4. The minimum Gasteiger partial charge on any atom is -0.497 e. The van der Waals surface area contributed by atoms with Crippen LogP contribution in [0.15, 0.2) is 53.1 Å². The first-order valence-electron chi connectivity index (χ1n) is 10.6. The number of esters is 1. The molecule has 0 radical (unpaired) electrons. The quantitative estimate of drug-likeness (QED) is 0.528. The summed E-state index contributed by atoms with van der Waals surface area (Å²) >= 11 is 0. The molecule has 1 aromatic heterocycles. The highest BCUT2D eigenvalue weighted by Gasteiger charge is 2.36. The molecule has 5 rings (SSSR count). The van der Waals surface area contributed by atoms with Crippen LogP contribution < -0.4 is 19.1 Å². The minimum atomic E-state index is -0.538. The van der Waals surface area contributed by atoms with Gasteiger partial charge < -0.3 is 28.4 Å². The predicted octanol–water partition coefficient (Wildman–Crippen LogP) is 3.22. The molecule has 1 unspecified atom stereocenters. The van der Waals surface area contributed by atoms with E-state index >= 15 is 0 Å². The molecule has 1 amide bonds. The highest BCUT2D eigenvalue weighted by atomic mass is 16.6. The molecule has 0 N–H and O–H groups in total. The van der Waals surface area contributed by atoms with E-state index in [1.807, 2.05) is 18.2 Å². The van der Waals surface area contributed by atoms with Gasteiger partial charge in [-0.15, -0.1) is 0 Å². The molecular formula is C24H22N2O7. The Balaban J connectivity index is 1.19. The number of amides is 1. The lowest BCUT2D eigenvalue weighted by atomic mass is 10.1. The van der Waals surface area contributed by atoms with Gasteiger partial charge in [-0.3, -0.25) is 9.59 Å². The lowest BCUT2D eigenvalue weighted by Crippen LogP contribution is -2.26. The summed E-state index contributed by atoms with van der Waals surface area (Å²) in [5, 5.41) is 3.98. The fourth-order valence-electron chi connectivity index (χ4n) is 3.85. The Bertz CT molecular complexity index is 1170. The van der Waals surface area contributed by atoms with E-state index in [0.717, 1.165) is 11.3 Å². The first kappa shape index (κ1) is 20.9. The fraction of sp³-hybridized carbons (Fsp3) is 0.292. The Morgan fingerprint density at radius 1 is 1.09 bits per heavy atom. The lowest BCUT2D eigenvalue weighted by Gasteiger charge is -2.18. The molecule has 1 fully saturated rings. The number of rotatable bonds is 6. The Morgan fingerprint density at radius 2 is 1.88 bits per heavy atom. The molecule has 33 heavy (non-hydrogen) atoms. The molecule has 0 saturated carbocycles. The number of fused-ring (bicyclic) bond motifs is 1. The van der Waals surface area contributed by atoms with E-state index in [2.05, 4.69) is 5.16 Å². The summed E-state index contributed by atoms with van der Waals surface area (Å²) in [6.07, 6.45) is 0.103. The van der Waals surface area contributed by atoms with Crippen LogP contribution in [0.25, 0.3) is 11.3 Å². The first-order valence-corrected chi connectivity index (χ1v) is 10.6. The minimum absolute atomic E-state index is 0.0416.